The lowest BCUT2D eigenvalue weighted by molar-refractivity contribution is -0.145. The number of carbonyl (C=O) groups is 1. The second-order valence-electron chi connectivity index (χ2n) is 8.21. The van der Waals surface area contributed by atoms with E-state index in [0.717, 1.165) is 32.5 Å². The van der Waals surface area contributed by atoms with Crippen LogP contribution in [0.5, 0.6) is 0 Å². The maximum atomic E-state index is 11.8. The summed E-state index contributed by atoms with van der Waals surface area (Å²) in [6.45, 7) is 7.29. The molecule has 0 radical (unpaired) electrons. The van der Waals surface area contributed by atoms with Crippen LogP contribution >= 0.6 is 0 Å². The van der Waals surface area contributed by atoms with Crippen molar-refractivity contribution in [2.75, 3.05) is 26.2 Å². The molecule has 0 bridgehead atoms. The second-order valence-corrected chi connectivity index (χ2v) is 8.21. The fourth-order valence-electron chi connectivity index (χ4n) is 3.65. The zero-order valence-electron chi connectivity index (χ0n) is 17.6. The Morgan fingerprint density at radius 1 is 0.966 bits per heavy atom. The summed E-state index contributed by atoms with van der Waals surface area (Å²) in [6.07, 6.45) is 2.62. The van der Waals surface area contributed by atoms with Gasteiger partial charge < -0.3 is 14.4 Å². The molecule has 2 aromatic carbocycles. The topological polar surface area (TPSA) is 38.8 Å². The Kier molecular flexibility index (Phi) is 8.26. The number of hydrogen-bond acceptors (Lipinski definition) is 4. The number of piperidine rings is 1. The number of rotatable bonds is 9. The van der Waals surface area contributed by atoms with Gasteiger partial charge in [-0.25, -0.2) is 0 Å². The lowest BCUT2D eigenvalue weighted by Crippen LogP contribution is -2.38. The van der Waals surface area contributed by atoms with Crippen LogP contribution in [-0.4, -0.2) is 43.2 Å². The van der Waals surface area contributed by atoms with Gasteiger partial charge in [-0.1, -0.05) is 74.5 Å². The highest BCUT2D eigenvalue weighted by atomic mass is 16.5. The molecule has 0 unspecified atom stereocenters. The van der Waals surface area contributed by atoms with E-state index in [2.05, 4.69) is 67.3 Å². The summed E-state index contributed by atoms with van der Waals surface area (Å²) < 4.78 is 11.9. The average molecular weight is 396 g/mol. The Hall–Kier alpha value is -2.17. The summed E-state index contributed by atoms with van der Waals surface area (Å²) >= 11 is 0. The molecular formula is C25H33NO3. The van der Waals surface area contributed by atoms with Gasteiger partial charge in [0.1, 0.15) is 6.10 Å². The van der Waals surface area contributed by atoms with Crippen molar-refractivity contribution >= 4 is 5.97 Å². The maximum Gasteiger partial charge on any atom is 0.307 e. The molecule has 0 spiro atoms. The van der Waals surface area contributed by atoms with Gasteiger partial charge in [-0.15, -0.1) is 0 Å². The molecule has 0 amide bonds. The smallest absolute Gasteiger partial charge is 0.307 e. The Morgan fingerprint density at radius 3 is 2.03 bits per heavy atom. The minimum absolute atomic E-state index is 0.0417. The largest absolute Gasteiger partial charge is 0.465 e. The van der Waals surface area contributed by atoms with Crippen molar-refractivity contribution in [2.45, 2.75) is 45.3 Å². The molecule has 1 aliphatic rings. The van der Waals surface area contributed by atoms with E-state index >= 15 is 0 Å². The minimum atomic E-state index is -0.0923. The van der Waals surface area contributed by atoms with Crippen LogP contribution in [0.15, 0.2) is 60.7 Å². The monoisotopic (exact) mass is 395 g/mol. The first-order valence-corrected chi connectivity index (χ1v) is 10.7. The molecule has 0 aliphatic carbocycles. The molecule has 156 valence electrons. The Morgan fingerprint density at radius 2 is 1.52 bits per heavy atom. The van der Waals surface area contributed by atoms with Crippen LogP contribution in [0.4, 0.5) is 0 Å². The first kappa shape index (κ1) is 21.5. The predicted molar refractivity (Wildman–Crippen MR) is 116 cm³/mol. The molecule has 1 fully saturated rings. The molecule has 4 heteroatoms. The van der Waals surface area contributed by atoms with Crippen molar-refractivity contribution < 1.29 is 14.3 Å². The molecule has 0 N–H and O–H groups in total. The molecule has 1 heterocycles. The molecular weight excluding hydrogens is 362 g/mol. The number of nitrogens with zero attached hydrogens (tertiary/aromatic N) is 1. The fraction of sp³-hybridized carbons (Fsp3) is 0.480. The summed E-state index contributed by atoms with van der Waals surface area (Å²) in [5.74, 6) is 0.291. The third-order valence-corrected chi connectivity index (χ3v) is 5.28. The van der Waals surface area contributed by atoms with Gasteiger partial charge >= 0.3 is 5.97 Å². The van der Waals surface area contributed by atoms with Crippen molar-refractivity contribution in [1.29, 1.82) is 0 Å². The Labute approximate surface area is 174 Å². The van der Waals surface area contributed by atoms with Crippen LogP contribution in [0.3, 0.4) is 0 Å². The number of benzene rings is 2. The lowest BCUT2D eigenvalue weighted by atomic mass is 10.00. The van der Waals surface area contributed by atoms with E-state index in [4.69, 9.17) is 9.47 Å². The van der Waals surface area contributed by atoms with Gasteiger partial charge in [0.25, 0.3) is 0 Å². The molecule has 2 aromatic rings. The molecule has 29 heavy (non-hydrogen) atoms. The zero-order valence-corrected chi connectivity index (χ0v) is 17.6. The van der Waals surface area contributed by atoms with Crippen LogP contribution in [0, 0.1) is 5.92 Å². The minimum Gasteiger partial charge on any atom is -0.465 e. The molecule has 0 aromatic heterocycles. The lowest BCUT2D eigenvalue weighted by Gasteiger charge is -2.34. The van der Waals surface area contributed by atoms with Crippen molar-refractivity contribution in [2.24, 2.45) is 5.92 Å². The predicted octanol–water partition coefficient (Wildman–Crippen LogP) is 4.85. The summed E-state index contributed by atoms with van der Waals surface area (Å²) in [6, 6.07) is 20.9. The van der Waals surface area contributed by atoms with Gasteiger partial charge in [0.15, 0.2) is 0 Å². The van der Waals surface area contributed by atoms with Gasteiger partial charge in [-0.2, -0.15) is 0 Å². The molecule has 0 atom stereocenters. The summed E-state index contributed by atoms with van der Waals surface area (Å²) in [5, 5.41) is 0. The number of carbonyl (C=O) groups excluding carboxylic acids is 1. The zero-order chi connectivity index (χ0) is 20.5. The highest BCUT2D eigenvalue weighted by Gasteiger charge is 2.25. The summed E-state index contributed by atoms with van der Waals surface area (Å²) in [7, 11) is 0. The normalized spacial score (nSPS) is 15.7. The second kappa shape index (κ2) is 11.1. The van der Waals surface area contributed by atoms with Gasteiger partial charge in [0.05, 0.1) is 19.1 Å². The number of esters is 1. The number of hydrogen-bond donors (Lipinski definition) is 0. The van der Waals surface area contributed by atoms with Gasteiger partial charge in [0.2, 0.25) is 0 Å². The quantitative estimate of drug-likeness (QED) is 0.569. The van der Waals surface area contributed by atoms with Crippen LogP contribution in [-0.2, 0) is 14.3 Å². The molecule has 1 aliphatic heterocycles. The maximum absolute atomic E-state index is 11.8. The van der Waals surface area contributed by atoms with Crippen LogP contribution < -0.4 is 0 Å². The van der Waals surface area contributed by atoms with Crippen molar-refractivity contribution in [3.8, 4) is 0 Å². The Bertz CT molecular complexity index is 685. The summed E-state index contributed by atoms with van der Waals surface area (Å²) in [4.78, 5) is 14.2. The van der Waals surface area contributed by atoms with Gasteiger partial charge in [0, 0.05) is 19.6 Å². The van der Waals surface area contributed by atoms with Crippen LogP contribution in [0.1, 0.15) is 50.3 Å². The van der Waals surface area contributed by atoms with E-state index in [1.165, 1.54) is 11.1 Å². The van der Waals surface area contributed by atoms with E-state index in [0.29, 0.717) is 18.9 Å². The average Bonchev–Trinajstić information content (AvgIpc) is 2.76. The van der Waals surface area contributed by atoms with Crippen LogP contribution in [0.25, 0.3) is 0 Å². The van der Waals surface area contributed by atoms with Crippen molar-refractivity contribution in [3.63, 3.8) is 0 Å². The van der Waals surface area contributed by atoms with Crippen molar-refractivity contribution in [1.82, 2.24) is 4.90 Å². The molecule has 4 nitrogen and oxygen atoms in total. The number of ether oxygens (including phenoxy) is 2. The third-order valence-electron chi connectivity index (χ3n) is 5.28. The number of likely N-dealkylation sites (tertiary alicyclic amines) is 1. The first-order valence-electron chi connectivity index (χ1n) is 10.7. The molecule has 0 saturated carbocycles. The van der Waals surface area contributed by atoms with E-state index < -0.39 is 0 Å². The van der Waals surface area contributed by atoms with Crippen LogP contribution in [0.2, 0.25) is 0 Å². The van der Waals surface area contributed by atoms with E-state index in [1.54, 1.807) is 0 Å². The Balaban J connectivity index is 1.50. The van der Waals surface area contributed by atoms with Gasteiger partial charge in [-0.3, -0.25) is 4.79 Å². The molecule has 1 saturated heterocycles. The highest BCUT2D eigenvalue weighted by molar-refractivity contribution is 5.69. The van der Waals surface area contributed by atoms with E-state index in [1.807, 2.05) is 12.1 Å². The van der Waals surface area contributed by atoms with Crippen molar-refractivity contribution in [3.05, 3.63) is 71.8 Å². The first-order chi connectivity index (χ1) is 14.1. The fourth-order valence-corrected chi connectivity index (χ4v) is 3.65. The highest BCUT2D eigenvalue weighted by Crippen LogP contribution is 2.29. The molecule has 3 rings (SSSR count). The summed E-state index contributed by atoms with van der Waals surface area (Å²) in [5.41, 5.74) is 2.38. The SMILES string of the molecule is CC(C)COC(=O)CCN1CCC(OC(c2ccccc2)c2ccccc2)CC1. The third kappa shape index (κ3) is 6.98. The van der Waals surface area contributed by atoms with Gasteiger partial charge in [-0.05, 0) is 29.9 Å². The van der Waals surface area contributed by atoms with E-state index in [9.17, 15) is 4.79 Å². The van der Waals surface area contributed by atoms with E-state index in [-0.39, 0.29) is 18.2 Å². The standard InChI is InChI=1S/C25H33NO3/c1-20(2)19-28-24(27)15-18-26-16-13-23(14-17-26)29-25(21-9-5-3-6-10-21)22-11-7-4-8-12-22/h3-12,20,23,25H,13-19H2,1-2H3.